The van der Waals surface area contributed by atoms with Gasteiger partial charge in [-0.3, -0.25) is 9.69 Å². The molecule has 0 spiro atoms. The Morgan fingerprint density at radius 1 is 1.21 bits per heavy atom. The molecule has 1 amide bonds. The quantitative estimate of drug-likeness (QED) is 0.691. The summed E-state index contributed by atoms with van der Waals surface area (Å²) >= 11 is 0. The highest BCUT2D eigenvalue weighted by Crippen LogP contribution is 2.24. The molecule has 2 rings (SSSR count). The summed E-state index contributed by atoms with van der Waals surface area (Å²) in [4.78, 5) is 14.7. The molecule has 0 fully saturated rings. The summed E-state index contributed by atoms with van der Waals surface area (Å²) < 4.78 is 32.5. The van der Waals surface area contributed by atoms with Gasteiger partial charge in [0.25, 0.3) is 0 Å². The lowest BCUT2D eigenvalue weighted by Crippen LogP contribution is -2.39. The topological polar surface area (TPSA) is 82.9 Å². The van der Waals surface area contributed by atoms with Crippen LogP contribution in [0.4, 0.5) is 5.69 Å². The molecule has 0 radical (unpaired) electrons. The number of benzene rings is 1. The Labute approximate surface area is 167 Å². The first kappa shape index (κ1) is 22.1. The highest BCUT2D eigenvalue weighted by molar-refractivity contribution is 7.89. The van der Waals surface area contributed by atoms with Gasteiger partial charge in [-0.2, -0.15) is 4.31 Å². The maximum absolute atomic E-state index is 12.9. The number of carbonyl (C=O) groups is 1. The molecule has 1 atom stereocenters. The minimum Gasteiger partial charge on any atom is -0.468 e. The predicted molar refractivity (Wildman–Crippen MR) is 110 cm³/mol. The normalized spacial score (nSPS) is 13.1. The molecule has 0 bridgehead atoms. The van der Waals surface area contributed by atoms with E-state index in [9.17, 15) is 13.2 Å². The molecule has 7 nitrogen and oxygen atoms in total. The molecular weight excluding hydrogens is 378 g/mol. The van der Waals surface area contributed by atoms with E-state index in [1.165, 1.54) is 10.4 Å². The second kappa shape index (κ2) is 9.36. The van der Waals surface area contributed by atoms with Crippen molar-refractivity contribution in [3.8, 4) is 0 Å². The second-order valence-corrected chi connectivity index (χ2v) is 8.64. The standard InChI is InChI=1S/C20H29N3O4S/c1-6-23(7-2)28(25,26)19-13-17(11-10-15(19)3)21-20(24)16(4)22(5)14-18-9-8-12-27-18/h8-13,16H,6-7,14H2,1-5H3,(H,21,24)/t16-/m1/s1. The van der Waals surface area contributed by atoms with Gasteiger partial charge >= 0.3 is 0 Å². The highest BCUT2D eigenvalue weighted by atomic mass is 32.2. The third kappa shape index (κ3) is 5.01. The van der Waals surface area contributed by atoms with E-state index in [2.05, 4.69) is 5.32 Å². The summed E-state index contributed by atoms with van der Waals surface area (Å²) in [7, 11) is -1.77. The van der Waals surface area contributed by atoms with Gasteiger partial charge in [-0.05, 0) is 50.7 Å². The van der Waals surface area contributed by atoms with E-state index >= 15 is 0 Å². The van der Waals surface area contributed by atoms with Crippen molar-refractivity contribution >= 4 is 21.6 Å². The molecule has 0 aliphatic heterocycles. The average Bonchev–Trinajstić information content (AvgIpc) is 3.16. The fourth-order valence-corrected chi connectivity index (χ4v) is 4.60. The number of aryl methyl sites for hydroxylation is 1. The second-order valence-electron chi connectivity index (χ2n) is 6.73. The molecule has 0 unspecified atom stereocenters. The van der Waals surface area contributed by atoms with Crippen molar-refractivity contribution in [3.63, 3.8) is 0 Å². The van der Waals surface area contributed by atoms with Crippen molar-refractivity contribution in [2.75, 3.05) is 25.5 Å². The summed E-state index contributed by atoms with van der Waals surface area (Å²) in [6.45, 7) is 8.43. The maximum atomic E-state index is 12.9. The lowest BCUT2D eigenvalue weighted by Gasteiger charge is -2.23. The Morgan fingerprint density at radius 2 is 1.89 bits per heavy atom. The average molecular weight is 408 g/mol. The molecule has 2 aromatic rings. The zero-order valence-corrected chi connectivity index (χ0v) is 17.9. The number of hydrogen-bond acceptors (Lipinski definition) is 5. The first-order valence-corrected chi connectivity index (χ1v) is 10.8. The van der Waals surface area contributed by atoms with E-state index in [1.807, 2.05) is 18.0 Å². The van der Waals surface area contributed by atoms with Crippen LogP contribution in [0, 0.1) is 6.92 Å². The third-order valence-corrected chi connectivity index (χ3v) is 7.00. The van der Waals surface area contributed by atoms with Crippen LogP contribution in [0.3, 0.4) is 0 Å². The van der Waals surface area contributed by atoms with Gasteiger partial charge in [0.2, 0.25) is 15.9 Å². The number of likely N-dealkylation sites (N-methyl/N-ethyl adjacent to an activating group) is 1. The van der Waals surface area contributed by atoms with Gasteiger partial charge in [-0.1, -0.05) is 19.9 Å². The van der Waals surface area contributed by atoms with Gasteiger partial charge in [0.1, 0.15) is 5.76 Å². The highest BCUT2D eigenvalue weighted by Gasteiger charge is 2.25. The van der Waals surface area contributed by atoms with Crippen LogP contribution in [0.5, 0.6) is 0 Å². The number of carbonyl (C=O) groups excluding carboxylic acids is 1. The van der Waals surface area contributed by atoms with Crippen molar-refractivity contribution in [1.82, 2.24) is 9.21 Å². The van der Waals surface area contributed by atoms with Gasteiger partial charge in [0, 0.05) is 18.8 Å². The lowest BCUT2D eigenvalue weighted by atomic mass is 10.2. The van der Waals surface area contributed by atoms with Gasteiger partial charge in [-0.15, -0.1) is 0 Å². The van der Waals surface area contributed by atoms with Gasteiger partial charge in [0.05, 0.1) is 23.7 Å². The molecule has 1 aromatic heterocycles. The monoisotopic (exact) mass is 407 g/mol. The van der Waals surface area contributed by atoms with E-state index in [4.69, 9.17) is 4.42 Å². The van der Waals surface area contributed by atoms with E-state index in [1.54, 1.807) is 52.2 Å². The molecule has 0 aliphatic rings. The first-order valence-electron chi connectivity index (χ1n) is 9.35. The Hall–Kier alpha value is -2.16. The molecule has 154 valence electrons. The first-order chi connectivity index (χ1) is 13.2. The number of hydrogen-bond donors (Lipinski definition) is 1. The Kier molecular flexibility index (Phi) is 7.40. The number of amides is 1. The summed E-state index contributed by atoms with van der Waals surface area (Å²) in [6, 6.07) is 8.19. The third-order valence-electron chi connectivity index (χ3n) is 4.80. The van der Waals surface area contributed by atoms with Crippen LogP contribution in [0.25, 0.3) is 0 Å². The van der Waals surface area contributed by atoms with Crippen LogP contribution < -0.4 is 5.32 Å². The minimum absolute atomic E-state index is 0.214. The molecule has 28 heavy (non-hydrogen) atoms. The molecule has 1 aromatic carbocycles. The van der Waals surface area contributed by atoms with Gasteiger partial charge < -0.3 is 9.73 Å². The number of anilines is 1. The molecule has 8 heteroatoms. The zero-order chi connectivity index (χ0) is 20.9. The molecule has 0 aliphatic carbocycles. The zero-order valence-electron chi connectivity index (χ0n) is 17.1. The number of nitrogens with one attached hydrogen (secondary N) is 1. The molecule has 1 N–H and O–H groups in total. The number of nitrogens with zero attached hydrogens (tertiary/aromatic N) is 2. The molecule has 0 saturated heterocycles. The maximum Gasteiger partial charge on any atom is 0.243 e. The van der Waals surface area contributed by atoms with Crippen molar-refractivity contribution in [2.24, 2.45) is 0 Å². The fraction of sp³-hybridized carbons (Fsp3) is 0.450. The Balaban J connectivity index is 2.17. The van der Waals surface area contributed by atoms with Gasteiger partial charge in [0.15, 0.2) is 0 Å². The number of furan rings is 1. The van der Waals surface area contributed by atoms with Crippen LogP contribution in [-0.2, 0) is 21.4 Å². The van der Waals surface area contributed by atoms with E-state index < -0.39 is 16.1 Å². The Bertz CT molecular complexity index is 890. The number of rotatable bonds is 9. The van der Waals surface area contributed by atoms with Crippen molar-refractivity contribution < 1.29 is 17.6 Å². The van der Waals surface area contributed by atoms with E-state index in [-0.39, 0.29) is 10.8 Å². The van der Waals surface area contributed by atoms with Crippen LogP contribution >= 0.6 is 0 Å². The fourth-order valence-electron chi connectivity index (χ4n) is 2.89. The summed E-state index contributed by atoms with van der Waals surface area (Å²) in [5, 5.41) is 2.82. The smallest absolute Gasteiger partial charge is 0.243 e. The Morgan fingerprint density at radius 3 is 2.46 bits per heavy atom. The SMILES string of the molecule is CCN(CC)S(=O)(=O)c1cc(NC(=O)[C@@H](C)N(C)Cc2ccco2)ccc1C. The van der Waals surface area contributed by atoms with Crippen LogP contribution in [-0.4, -0.2) is 49.7 Å². The summed E-state index contributed by atoms with van der Waals surface area (Å²) in [6.07, 6.45) is 1.60. The van der Waals surface area contributed by atoms with Crippen LogP contribution in [0.15, 0.2) is 45.9 Å². The van der Waals surface area contributed by atoms with Crippen molar-refractivity contribution in [2.45, 2.75) is 45.2 Å². The minimum atomic E-state index is -3.60. The van der Waals surface area contributed by atoms with E-state index in [0.29, 0.717) is 30.9 Å². The largest absolute Gasteiger partial charge is 0.468 e. The van der Waals surface area contributed by atoms with Gasteiger partial charge in [-0.25, -0.2) is 8.42 Å². The number of sulfonamides is 1. The predicted octanol–water partition coefficient (Wildman–Crippen LogP) is 3.08. The van der Waals surface area contributed by atoms with E-state index in [0.717, 1.165) is 5.76 Å². The van der Waals surface area contributed by atoms with Crippen LogP contribution in [0.2, 0.25) is 0 Å². The summed E-state index contributed by atoms with van der Waals surface area (Å²) in [5.74, 6) is 0.550. The summed E-state index contributed by atoms with van der Waals surface area (Å²) in [5.41, 5.74) is 1.10. The van der Waals surface area contributed by atoms with Crippen LogP contribution in [0.1, 0.15) is 32.1 Å². The lowest BCUT2D eigenvalue weighted by molar-refractivity contribution is -0.120. The van der Waals surface area contributed by atoms with Crippen molar-refractivity contribution in [1.29, 1.82) is 0 Å². The molecule has 0 saturated carbocycles. The molecule has 1 heterocycles. The molecular formula is C20H29N3O4S. The van der Waals surface area contributed by atoms with Crippen molar-refractivity contribution in [3.05, 3.63) is 47.9 Å².